The highest BCUT2D eigenvalue weighted by Gasteiger charge is 2.31. The van der Waals surface area contributed by atoms with Crippen LogP contribution in [0.5, 0.6) is 0 Å². The van der Waals surface area contributed by atoms with Gasteiger partial charge in [0.1, 0.15) is 5.82 Å². The van der Waals surface area contributed by atoms with Crippen LogP contribution in [0, 0.1) is 17.7 Å². The Morgan fingerprint density at radius 2 is 1.87 bits per heavy atom. The number of hydrogen-bond donors (Lipinski definition) is 0. The van der Waals surface area contributed by atoms with E-state index < -0.39 is 17.6 Å². The third kappa shape index (κ3) is 3.09. The van der Waals surface area contributed by atoms with Crippen LogP contribution in [0.3, 0.4) is 0 Å². The Hall–Kier alpha value is -1.83. The van der Waals surface area contributed by atoms with Gasteiger partial charge in [-0.05, 0) is 24.1 Å². The molecule has 15 heavy (non-hydrogen) atoms. The fourth-order valence-electron chi connectivity index (χ4n) is 0.938. The number of alkyl halides is 3. The SMILES string of the molecule is O=CC#Cc1cc(F)cc(C(F)(F)F)c1. The maximum Gasteiger partial charge on any atom is 0.416 e. The zero-order valence-electron chi connectivity index (χ0n) is 7.23. The number of carbonyl (C=O) groups is 1. The van der Waals surface area contributed by atoms with Crippen molar-refractivity contribution < 1.29 is 22.4 Å². The van der Waals surface area contributed by atoms with E-state index in [4.69, 9.17) is 0 Å². The summed E-state index contributed by atoms with van der Waals surface area (Å²) in [5.41, 5.74) is -1.31. The van der Waals surface area contributed by atoms with E-state index in [1.54, 1.807) is 0 Å². The summed E-state index contributed by atoms with van der Waals surface area (Å²) in [5.74, 6) is 2.95. The molecule has 0 saturated heterocycles. The van der Waals surface area contributed by atoms with Gasteiger partial charge in [0.15, 0.2) is 6.29 Å². The van der Waals surface area contributed by atoms with Crippen molar-refractivity contribution in [2.75, 3.05) is 0 Å². The summed E-state index contributed by atoms with van der Waals surface area (Å²) in [6.45, 7) is 0. The van der Waals surface area contributed by atoms with E-state index in [0.29, 0.717) is 12.1 Å². The Morgan fingerprint density at radius 3 is 2.40 bits per heavy atom. The Morgan fingerprint density at radius 1 is 1.20 bits per heavy atom. The molecule has 0 aliphatic rings. The number of halogens is 4. The van der Waals surface area contributed by atoms with Crippen molar-refractivity contribution in [3.05, 3.63) is 35.1 Å². The van der Waals surface area contributed by atoms with Gasteiger partial charge >= 0.3 is 6.18 Å². The van der Waals surface area contributed by atoms with Crippen LogP contribution in [-0.2, 0) is 11.0 Å². The normalized spacial score (nSPS) is 10.4. The number of benzene rings is 1. The fourth-order valence-corrected chi connectivity index (χ4v) is 0.938. The van der Waals surface area contributed by atoms with Gasteiger partial charge in [-0.1, -0.05) is 5.92 Å². The van der Waals surface area contributed by atoms with Crippen molar-refractivity contribution >= 4 is 6.29 Å². The van der Waals surface area contributed by atoms with Crippen molar-refractivity contribution in [3.63, 3.8) is 0 Å². The Labute approximate surface area is 82.7 Å². The lowest BCUT2D eigenvalue weighted by Crippen LogP contribution is -2.05. The summed E-state index contributed by atoms with van der Waals surface area (Å²) < 4.78 is 49.3. The molecule has 0 spiro atoms. The van der Waals surface area contributed by atoms with Gasteiger partial charge in [-0.15, -0.1) is 0 Å². The summed E-state index contributed by atoms with van der Waals surface area (Å²) in [7, 11) is 0. The maximum absolute atomic E-state index is 12.7. The van der Waals surface area contributed by atoms with Crippen LogP contribution in [0.4, 0.5) is 17.6 Å². The Kier molecular flexibility index (Phi) is 3.10. The summed E-state index contributed by atoms with van der Waals surface area (Å²) >= 11 is 0. The first-order valence-corrected chi connectivity index (χ1v) is 3.76. The average molecular weight is 216 g/mol. The van der Waals surface area contributed by atoms with E-state index >= 15 is 0 Å². The topological polar surface area (TPSA) is 17.1 Å². The molecule has 0 N–H and O–H groups in total. The van der Waals surface area contributed by atoms with Crippen molar-refractivity contribution in [2.24, 2.45) is 0 Å². The van der Waals surface area contributed by atoms with Crippen LogP contribution < -0.4 is 0 Å². The summed E-state index contributed by atoms with van der Waals surface area (Å²) in [5, 5.41) is 0. The Balaban J connectivity index is 3.22. The number of aldehydes is 1. The highest BCUT2D eigenvalue weighted by atomic mass is 19.4. The van der Waals surface area contributed by atoms with Gasteiger partial charge in [0.2, 0.25) is 0 Å². The lowest BCUT2D eigenvalue weighted by Gasteiger charge is -2.06. The summed E-state index contributed by atoms with van der Waals surface area (Å²) in [4.78, 5) is 9.86. The molecule has 0 aliphatic carbocycles. The van der Waals surface area contributed by atoms with Gasteiger partial charge in [0.05, 0.1) is 5.56 Å². The highest BCUT2D eigenvalue weighted by Crippen LogP contribution is 2.30. The van der Waals surface area contributed by atoms with Gasteiger partial charge in [0.25, 0.3) is 0 Å². The van der Waals surface area contributed by atoms with Gasteiger partial charge < -0.3 is 0 Å². The largest absolute Gasteiger partial charge is 0.416 e. The molecule has 1 nitrogen and oxygen atoms in total. The molecular formula is C10H4F4O. The standard InChI is InChI=1S/C10H4F4O/c11-9-5-7(2-1-3-15)4-8(6-9)10(12,13)14/h3-6H. The minimum absolute atomic E-state index is 0.186. The third-order valence-corrected chi connectivity index (χ3v) is 1.50. The molecule has 0 radical (unpaired) electrons. The van der Waals surface area contributed by atoms with E-state index in [1.165, 1.54) is 0 Å². The van der Waals surface area contributed by atoms with Crippen LogP contribution in [0.25, 0.3) is 0 Å². The maximum atomic E-state index is 12.7. The van der Waals surface area contributed by atoms with Crippen LogP contribution in [0.2, 0.25) is 0 Å². The first-order chi connectivity index (χ1) is 6.93. The molecular weight excluding hydrogens is 212 g/mol. The number of hydrogen-bond acceptors (Lipinski definition) is 1. The second kappa shape index (κ2) is 4.13. The molecule has 1 aromatic carbocycles. The van der Waals surface area contributed by atoms with Crippen molar-refractivity contribution in [3.8, 4) is 11.8 Å². The predicted octanol–water partition coefficient (Wildman–Crippen LogP) is 2.39. The average Bonchev–Trinajstić information content (AvgIpc) is 2.12. The molecule has 0 aliphatic heterocycles. The minimum atomic E-state index is -4.63. The molecule has 0 heterocycles. The van der Waals surface area contributed by atoms with Crippen molar-refractivity contribution in [1.29, 1.82) is 0 Å². The van der Waals surface area contributed by atoms with Crippen molar-refractivity contribution in [1.82, 2.24) is 0 Å². The third-order valence-electron chi connectivity index (χ3n) is 1.50. The quantitative estimate of drug-likeness (QED) is 0.369. The summed E-state index contributed by atoms with van der Waals surface area (Å²) in [6.07, 6.45) is -4.40. The van der Waals surface area contributed by atoms with Crippen LogP contribution >= 0.6 is 0 Å². The first kappa shape index (κ1) is 11.2. The monoisotopic (exact) mass is 216 g/mol. The van der Waals surface area contributed by atoms with E-state index in [9.17, 15) is 22.4 Å². The molecule has 0 atom stereocenters. The molecule has 0 amide bonds. The van der Waals surface area contributed by atoms with Crippen LogP contribution in [0.15, 0.2) is 18.2 Å². The molecule has 0 fully saturated rings. The number of rotatable bonds is 0. The molecule has 0 saturated carbocycles. The van der Waals surface area contributed by atoms with Crippen LogP contribution in [0.1, 0.15) is 11.1 Å². The second-order valence-corrected chi connectivity index (χ2v) is 2.61. The zero-order valence-corrected chi connectivity index (χ0v) is 7.23. The Bertz CT molecular complexity index is 437. The van der Waals surface area contributed by atoms with Crippen molar-refractivity contribution in [2.45, 2.75) is 6.18 Å². The lowest BCUT2D eigenvalue weighted by atomic mass is 10.1. The molecule has 78 valence electrons. The van der Waals surface area contributed by atoms with E-state index in [-0.39, 0.29) is 11.8 Å². The van der Waals surface area contributed by atoms with E-state index in [0.717, 1.165) is 6.07 Å². The molecule has 0 aromatic heterocycles. The highest BCUT2D eigenvalue weighted by molar-refractivity contribution is 5.74. The smallest absolute Gasteiger partial charge is 0.289 e. The molecule has 1 aromatic rings. The van der Waals surface area contributed by atoms with Gasteiger partial charge in [0, 0.05) is 5.56 Å². The zero-order chi connectivity index (χ0) is 11.5. The van der Waals surface area contributed by atoms with Crippen LogP contribution in [-0.4, -0.2) is 6.29 Å². The minimum Gasteiger partial charge on any atom is -0.289 e. The summed E-state index contributed by atoms with van der Waals surface area (Å²) in [6, 6.07) is 1.87. The number of carbonyl (C=O) groups excluding carboxylic acids is 1. The van der Waals surface area contributed by atoms with Gasteiger partial charge in [-0.25, -0.2) is 4.39 Å². The molecule has 5 heteroatoms. The van der Waals surface area contributed by atoms with Gasteiger partial charge in [-0.2, -0.15) is 13.2 Å². The van der Waals surface area contributed by atoms with E-state index in [2.05, 4.69) is 5.92 Å². The molecule has 1 rings (SSSR count). The van der Waals surface area contributed by atoms with Gasteiger partial charge in [-0.3, -0.25) is 4.79 Å². The molecule has 0 bridgehead atoms. The first-order valence-electron chi connectivity index (χ1n) is 3.76. The predicted molar refractivity (Wildman–Crippen MR) is 44.3 cm³/mol. The molecule has 0 unspecified atom stereocenters. The van der Waals surface area contributed by atoms with E-state index in [1.807, 2.05) is 5.92 Å². The second-order valence-electron chi connectivity index (χ2n) is 2.61. The fraction of sp³-hybridized carbons (Fsp3) is 0.100. The lowest BCUT2D eigenvalue weighted by molar-refractivity contribution is -0.137.